The summed E-state index contributed by atoms with van der Waals surface area (Å²) in [6, 6.07) is 5.92. The number of hydrogen-bond acceptors (Lipinski definition) is 5. The SMILES string of the molecule is CC(C)(C)OC(=O)N1CCc2cccc(NCC(O)CO)c2C1. The maximum absolute atomic E-state index is 12.3. The largest absolute Gasteiger partial charge is 0.444 e. The number of amides is 1. The van der Waals surface area contributed by atoms with E-state index in [1.165, 1.54) is 5.56 Å². The van der Waals surface area contributed by atoms with Gasteiger partial charge in [-0.1, -0.05) is 12.1 Å². The highest BCUT2D eigenvalue weighted by molar-refractivity contribution is 5.69. The fourth-order valence-corrected chi connectivity index (χ4v) is 2.52. The van der Waals surface area contributed by atoms with E-state index in [0.29, 0.717) is 13.1 Å². The van der Waals surface area contributed by atoms with E-state index in [0.717, 1.165) is 17.7 Å². The molecule has 1 amide bonds. The van der Waals surface area contributed by atoms with Gasteiger partial charge >= 0.3 is 6.09 Å². The number of rotatable bonds is 4. The van der Waals surface area contributed by atoms with Crippen molar-refractivity contribution in [3.05, 3.63) is 29.3 Å². The highest BCUT2D eigenvalue weighted by atomic mass is 16.6. The lowest BCUT2D eigenvalue weighted by atomic mass is 9.98. The van der Waals surface area contributed by atoms with E-state index in [4.69, 9.17) is 9.84 Å². The molecule has 1 aromatic rings. The van der Waals surface area contributed by atoms with Gasteiger partial charge in [-0.3, -0.25) is 0 Å². The number of ether oxygens (including phenoxy) is 1. The lowest BCUT2D eigenvalue weighted by Crippen LogP contribution is -2.40. The van der Waals surface area contributed by atoms with Gasteiger partial charge in [-0.15, -0.1) is 0 Å². The molecular formula is C17H26N2O4. The quantitative estimate of drug-likeness (QED) is 0.787. The van der Waals surface area contributed by atoms with E-state index in [9.17, 15) is 9.90 Å². The van der Waals surface area contributed by atoms with E-state index in [2.05, 4.69) is 11.4 Å². The molecule has 0 aliphatic carbocycles. The zero-order chi connectivity index (χ0) is 17.0. The van der Waals surface area contributed by atoms with Crippen LogP contribution >= 0.6 is 0 Å². The predicted molar refractivity (Wildman–Crippen MR) is 88.4 cm³/mol. The fourth-order valence-electron chi connectivity index (χ4n) is 2.52. The van der Waals surface area contributed by atoms with Gasteiger partial charge in [0.15, 0.2) is 0 Å². The number of carbonyl (C=O) groups excluding carboxylic acids is 1. The Morgan fingerprint density at radius 2 is 2.17 bits per heavy atom. The standard InChI is InChI=1S/C17H26N2O4/c1-17(2,3)23-16(22)19-8-7-12-5-4-6-15(14(12)10-19)18-9-13(21)11-20/h4-6,13,18,20-21H,7-11H2,1-3H3. The van der Waals surface area contributed by atoms with Crippen molar-refractivity contribution in [2.24, 2.45) is 0 Å². The summed E-state index contributed by atoms with van der Waals surface area (Å²) in [7, 11) is 0. The van der Waals surface area contributed by atoms with Crippen LogP contribution in [0.25, 0.3) is 0 Å². The van der Waals surface area contributed by atoms with Crippen molar-refractivity contribution in [3.8, 4) is 0 Å². The minimum Gasteiger partial charge on any atom is -0.444 e. The number of aliphatic hydroxyl groups excluding tert-OH is 2. The molecule has 2 rings (SSSR count). The second kappa shape index (κ2) is 7.19. The van der Waals surface area contributed by atoms with Gasteiger partial charge in [-0.2, -0.15) is 0 Å². The molecule has 0 fully saturated rings. The number of aliphatic hydroxyl groups is 2. The third-order valence-corrected chi connectivity index (χ3v) is 3.66. The molecule has 23 heavy (non-hydrogen) atoms. The van der Waals surface area contributed by atoms with Crippen LogP contribution in [0, 0.1) is 0 Å². The number of nitrogens with zero attached hydrogens (tertiary/aromatic N) is 1. The number of fused-ring (bicyclic) bond motifs is 1. The average molecular weight is 322 g/mol. The molecule has 1 aromatic carbocycles. The first-order chi connectivity index (χ1) is 10.8. The lowest BCUT2D eigenvalue weighted by molar-refractivity contribution is 0.0224. The molecule has 128 valence electrons. The zero-order valence-corrected chi connectivity index (χ0v) is 14.0. The fraction of sp³-hybridized carbons (Fsp3) is 0.588. The number of carbonyl (C=O) groups is 1. The number of anilines is 1. The first-order valence-corrected chi connectivity index (χ1v) is 7.91. The van der Waals surface area contributed by atoms with Crippen LogP contribution in [0.1, 0.15) is 31.9 Å². The summed E-state index contributed by atoms with van der Waals surface area (Å²) in [5.74, 6) is 0. The van der Waals surface area contributed by atoms with Crippen molar-refractivity contribution in [1.29, 1.82) is 0 Å². The molecule has 0 bridgehead atoms. The number of benzene rings is 1. The summed E-state index contributed by atoms with van der Waals surface area (Å²) in [4.78, 5) is 14.0. The molecule has 1 aliphatic heterocycles. The lowest BCUT2D eigenvalue weighted by Gasteiger charge is -2.32. The first-order valence-electron chi connectivity index (χ1n) is 7.91. The van der Waals surface area contributed by atoms with Crippen molar-refractivity contribution in [1.82, 2.24) is 4.90 Å². The smallest absolute Gasteiger partial charge is 0.410 e. The Labute approximate surface area is 137 Å². The monoisotopic (exact) mass is 322 g/mol. The average Bonchev–Trinajstić information content (AvgIpc) is 2.50. The van der Waals surface area contributed by atoms with Gasteiger partial charge in [0.2, 0.25) is 0 Å². The second-order valence-electron chi connectivity index (χ2n) is 6.81. The summed E-state index contributed by atoms with van der Waals surface area (Å²) in [5.41, 5.74) is 2.59. The van der Waals surface area contributed by atoms with Gasteiger partial charge in [0.1, 0.15) is 5.60 Å². The molecular weight excluding hydrogens is 296 g/mol. The highest BCUT2D eigenvalue weighted by Gasteiger charge is 2.26. The number of nitrogens with one attached hydrogen (secondary N) is 1. The van der Waals surface area contributed by atoms with Crippen LogP contribution in [0.4, 0.5) is 10.5 Å². The molecule has 3 N–H and O–H groups in total. The Morgan fingerprint density at radius 3 is 2.83 bits per heavy atom. The molecule has 0 saturated heterocycles. The van der Waals surface area contributed by atoms with E-state index in [1.54, 1.807) is 4.90 Å². The second-order valence-corrected chi connectivity index (χ2v) is 6.81. The Hall–Kier alpha value is -1.79. The predicted octanol–water partition coefficient (Wildman–Crippen LogP) is 1.74. The Kier molecular flexibility index (Phi) is 5.49. The van der Waals surface area contributed by atoms with Gasteiger partial charge in [0.25, 0.3) is 0 Å². The van der Waals surface area contributed by atoms with Crippen LogP contribution in [0.3, 0.4) is 0 Å². The summed E-state index contributed by atoms with van der Waals surface area (Å²) < 4.78 is 5.44. The van der Waals surface area contributed by atoms with Crippen molar-refractivity contribution in [2.75, 3.05) is 25.0 Å². The molecule has 0 spiro atoms. The summed E-state index contributed by atoms with van der Waals surface area (Å²) in [5, 5.41) is 21.6. The van der Waals surface area contributed by atoms with Crippen LogP contribution < -0.4 is 5.32 Å². The van der Waals surface area contributed by atoms with Gasteiger partial charge in [-0.05, 0) is 44.4 Å². The van der Waals surface area contributed by atoms with Gasteiger partial charge in [0.05, 0.1) is 19.3 Å². The van der Waals surface area contributed by atoms with Crippen LogP contribution in [0.15, 0.2) is 18.2 Å². The van der Waals surface area contributed by atoms with Crippen molar-refractivity contribution in [2.45, 2.75) is 45.4 Å². The molecule has 0 aromatic heterocycles. The Morgan fingerprint density at radius 1 is 1.43 bits per heavy atom. The van der Waals surface area contributed by atoms with E-state index in [-0.39, 0.29) is 19.2 Å². The van der Waals surface area contributed by atoms with Gasteiger partial charge < -0.3 is 25.2 Å². The minimum atomic E-state index is -0.809. The molecule has 6 heteroatoms. The molecule has 1 atom stereocenters. The van der Waals surface area contributed by atoms with Crippen LogP contribution in [-0.4, -0.2) is 52.6 Å². The topological polar surface area (TPSA) is 82.0 Å². The first kappa shape index (κ1) is 17.6. The molecule has 0 saturated carbocycles. The molecule has 1 aliphatic rings. The molecule has 0 radical (unpaired) electrons. The van der Waals surface area contributed by atoms with E-state index >= 15 is 0 Å². The summed E-state index contributed by atoms with van der Waals surface area (Å²) >= 11 is 0. The van der Waals surface area contributed by atoms with Crippen molar-refractivity contribution in [3.63, 3.8) is 0 Å². The highest BCUT2D eigenvalue weighted by Crippen LogP contribution is 2.27. The molecule has 6 nitrogen and oxygen atoms in total. The van der Waals surface area contributed by atoms with E-state index in [1.807, 2.05) is 32.9 Å². The molecule has 1 heterocycles. The maximum Gasteiger partial charge on any atom is 0.410 e. The Bertz CT molecular complexity index is 554. The Balaban J connectivity index is 2.10. The van der Waals surface area contributed by atoms with Gasteiger partial charge in [-0.25, -0.2) is 4.79 Å². The third-order valence-electron chi connectivity index (χ3n) is 3.66. The number of hydrogen-bond donors (Lipinski definition) is 3. The van der Waals surface area contributed by atoms with Gasteiger partial charge in [0, 0.05) is 18.8 Å². The van der Waals surface area contributed by atoms with Crippen molar-refractivity contribution < 1.29 is 19.7 Å². The zero-order valence-electron chi connectivity index (χ0n) is 14.0. The van der Waals surface area contributed by atoms with E-state index < -0.39 is 11.7 Å². The summed E-state index contributed by atoms with van der Waals surface area (Å²) in [6.45, 7) is 6.64. The van der Waals surface area contributed by atoms with Crippen LogP contribution in [0.2, 0.25) is 0 Å². The summed E-state index contributed by atoms with van der Waals surface area (Å²) in [6.07, 6.45) is -0.350. The minimum absolute atomic E-state index is 0.263. The van der Waals surface area contributed by atoms with Crippen LogP contribution in [0.5, 0.6) is 0 Å². The normalized spacial score (nSPS) is 15.8. The molecule has 1 unspecified atom stereocenters. The van der Waals surface area contributed by atoms with Crippen LogP contribution in [-0.2, 0) is 17.7 Å². The maximum atomic E-state index is 12.3. The van der Waals surface area contributed by atoms with Crippen molar-refractivity contribution >= 4 is 11.8 Å². The third kappa shape index (κ3) is 4.84.